The van der Waals surface area contributed by atoms with E-state index in [1.807, 2.05) is 13.8 Å². The van der Waals surface area contributed by atoms with Gasteiger partial charge in [0.2, 0.25) is 0 Å². The number of unbranched alkanes of at least 4 members (excludes halogenated alkanes) is 2. The molecule has 2 atom stereocenters. The molecule has 0 bridgehead atoms. The second-order valence-corrected chi connectivity index (χ2v) is 5.96. The Bertz CT molecular complexity index is 301. The van der Waals surface area contributed by atoms with Crippen LogP contribution in [0.4, 0.5) is 0 Å². The molecule has 4 heteroatoms. The van der Waals surface area contributed by atoms with E-state index in [0.717, 1.165) is 32.1 Å². The van der Waals surface area contributed by atoms with Crippen molar-refractivity contribution in [1.82, 2.24) is 0 Å². The fraction of sp³-hybridized carbons (Fsp3) is 0.889. The Morgan fingerprint density at radius 3 is 2.00 bits per heavy atom. The average molecular weight is 314 g/mol. The van der Waals surface area contributed by atoms with Crippen LogP contribution < -0.4 is 0 Å². The van der Waals surface area contributed by atoms with E-state index in [9.17, 15) is 9.59 Å². The van der Waals surface area contributed by atoms with Gasteiger partial charge in [-0.3, -0.25) is 9.59 Å². The minimum absolute atomic E-state index is 0.0167. The summed E-state index contributed by atoms with van der Waals surface area (Å²) in [5.74, 6) is -0.415. The van der Waals surface area contributed by atoms with Gasteiger partial charge in [0.15, 0.2) is 0 Å². The lowest BCUT2D eigenvalue weighted by Crippen LogP contribution is -2.18. The summed E-state index contributed by atoms with van der Waals surface area (Å²) in [5.41, 5.74) is 0. The van der Waals surface area contributed by atoms with Crippen LogP contribution in [-0.4, -0.2) is 24.1 Å². The van der Waals surface area contributed by atoms with Crippen LogP contribution >= 0.6 is 0 Å². The maximum atomic E-state index is 11.7. The Hall–Kier alpha value is -1.06. The van der Waals surface area contributed by atoms with Crippen LogP contribution in [0.15, 0.2) is 0 Å². The van der Waals surface area contributed by atoms with Crippen molar-refractivity contribution in [2.24, 2.45) is 0 Å². The molecule has 0 spiro atoms. The Balaban J connectivity index is 3.75. The fourth-order valence-corrected chi connectivity index (χ4v) is 2.31. The van der Waals surface area contributed by atoms with Crippen LogP contribution in [0.3, 0.4) is 0 Å². The van der Waals surface area contributed by atoms with Crippen molar-refractivity contribution >= 4 is 11.9 Å². The van der Waals surface area contributed by atoms with Crippen molar-refractivity contribution in [2.75, 3.05) is 0 Å². The Morgan fingerprint density at radius 2 is 1.45 bits per heavy atom. The summed E-state index contributed by atoms with van der Waals surface area (Å²) in [5, 5.41) is 0. The summed E-state index contributed by atoms with van der Waals surface area (Å²) in [6, 6.07) is 0. The summed E-state index contributed by atoms with van der Waals surface area (Å²) >= 11 is 0. The summed E-state index contributed by atoms with van der Waals surface area (Å²) in [4.78, 5) is 23.4. The van der Waals surface area contributed by atoms with Gasteiger partial charge in [0.05, 0.1) is 6.10 Å². The normalized spacial score (nSPS) is 13.5. The first-order valence-electron chi connectivity index (χ1n) is 8.92. The van der Waals surface area contributed by atoms with E-state index in [1.165, 1.54) is 12.8 Å². The maximum Gasteiger partial charge on any atom is 0.306 e. The number of carbonyl (C=O) groups excluding carboxylic acids is 2. The van der Waals surface area contributed by atoms with Crippen molar-refractivity contribution in [1.29, 1.82) is 0 Å². The summed E-state index contributed by atoms with van der Waals surface area (Å²) in [6.07, 6.45) is 8.17. The molecular formula is C18H34O4. The second-order valence-electron chi connectivity index (χ2n) is 5.96. The molecule has 0 amide bonds. The van der Waals surface area contributed by atoms with E-state index in [2.05, 4.69) is 13.8 Å². The van der Waals surface area contributed by atoms with Gasteiger partial charge in [-0.1, -0.05) is 40.0 Å². The molecule has 0 rings (SSSR count). The molecular weight excluding hydrogens is 280 g/mol. The van der Waals surface area contributed by atoms with Crippen molar-refractivity contribution in [3.63, 3.8) is 0 Å². The molecule has 0 heterocycles. The summed E-state index contributed by atoms with van der Waals surface area (Å²) in [6.45, 7) is 8.18. The number of carbonyl (C=O) groups is 2. The Labute approximate surface area is 135 Å². The topological polar surface area (TPSA) is 52.6 Å². The number of rotatable bonds is 13. The van der Waals surface area contributed by atoms with Gasteiger partial charge in [0, 0.05) is 12.8 Å². The van der Waals surface area contributed by atoms with Crippen molar-refractivity contribution in [3.8, 4) is 0 Å². The molecule has 0 aliphatic heterocycles. The van der Waals surface area contributed by atoms with E-state index >= 15 is 0 Å². The first-order valence-corrected chi connectivity index (χ1v) is 8.92. The van der Waals surface area contributed by atoms with Gasteiger partial charge >= 0.3 is 11.9 Å². The van der Waals surface area contributed by atoms with Gasteiger partial charge in [0.1, 0.15) is 6.10 Å². The minimum atomic E-state index is -0.211. The molecule has 0 saturated carbocycles. The molecule has 130 valence electrons. The van der Waals surface area contributed by atoms with Crippen molar-refractivity contribution < 1.29 is 19.1 Å². The number of ether oxygens (including phenoxy) is 2. The van der Waals surface area contributed by atoms with E-state index in [0.29, 0.717) is 12.8 Å². The SMILES string of the molecule is CCCCCC(C)OC(=O)CCCC(=O)OC(CC)CCC. The van der Waals surface area contributed by atoms with Crippen molar-refractivity contribution in [3.05, 3.63) is 0 Å². The van der Waals surface area contributed by atoms with Gasteiger partial charge in [-0.05, 0) is 39.0 Å². The van der Waals surface area contributed by atoms with E-state index < -0.39 is 0 Å². The first kappa shape index (κ1) is 20.9. The third-order valence-electron chi connectivity index (χ3n) is 3.67. The average Bonchev–Trinajstić information content (AvgIpc) is 2.46. The van der Waals surface area contributed by atoms with Gasteiger partial charge in [-0.15, -0.1) is 0 Å². The third-order valence-corrected chi connectivity index (χ3v) is 3.67. The fourth-order valence-electron chi connectivity index (χ4n) is 2.31. The van der Waals surface area contributed by atoms with E-state index in [1.54, 1.807) is 0 Å². The maximum absolute atomic E-state index is 11.7. The molecule has 0 aliphatic carbocycles. The zero-order chi connectivity index (χ0) is 16.8. The van der Waals surface area contributed by atoms with E-state index in [-0.39, 0.29) is 30.6 Å². The lowest BCUT2D eigenvalue weighted by atomic mass is 10.1. The van der Waals surface area contributed by atoms with Gasteiger partial charge in [-0.25, -0.2) is 0 Å². The predicted molar refractivity (Wildman–Crippen MR) is 88.6 cm³/mol. The van der Waals surface area contributed by atoms with Crippen LogP contribution in [0.1, 0.15) is 91.9 Å². The Kier molecular flexibility index (Phi) is 12.9. The highest BCUT2D eigenvalue weighted by Crippen LogP contribution is 2.11. The zero-order valence-electron chi connectivity index (χ0n) is 14.9. The molecule has 0 radical (unpaired) electrons. The quantitative estimate of drug-likeness (QED) is 0.362. The molecule has 0 fully saturated rings. The first-order chi connectivity index (χ1) is 10.5. The van der Waals surface area contributed by atoms with Gasteiger partial charge in [-0.2, -0.15) is 0 Å². The molecule has 0 aromatic carbocycles. The highest BCUT2D eigenvalue weighted by atomic mass is 16.5. The van der Waals surface area contributed by atoms with Crippen LogP contribution in [-0.2, 0) is 19.1 Å². The highest BCUT2D eigenvalue weighted by Gasteiger charge is 2.13. The molecule has 0 aromatic rings. The predicted octanol–water partition coefficient (Wildman–Crippen LogP) is 4.79. The van der Waals surface area contributed by atoms with Gasteiger partial charge < -0.3 is 9.47 Å². The monoisotopic (exact) mass is 314 g/mol. The minimum Gasteiger partial charge on any atom is -0.463 e. The van der Waals surface area contributed by atoms with Crippen LogP contribution in [0.2, 0.25) is 0 Å². The molecule has 0 saturated heterocycles. The molecule has 0 aromatic heterocycles. The lowest BCUT2D eigenvalue weighted by Gasteiger charge is -2.15. The number of hydrogen-bond donors (Lipinski definition) is 0. The standard InChI is InChI=1S/C18H34O4/c1-5-8-9-12-15(4)21-17(19)13-10-14-18(20)22-16(7-3)11-6-2/h15-16H,5-14H2,1-4H3. The smallest absolute Gasteiger partial charge is 0.306 e. The van der Waals surface area contributed by atoms with Gasteiger partial charge in [0.25, 0.3) is 0 Å². The van der Waals surface area contributed by atoms with Crippen LogP contribution in [0.25, 0.3) is 0 Å². The molecule has 2 unspecified atom stereocenters. The largest absolute Gasteiger partial charge is 0.463 e. The zero-order valence-corrected chi connectivity index (χ0v) is 14.9. The molecule has 0 aliphatic rings. The van der Waals surface area contributed by atoms with E-state index in [4.69, 9.17) is 9.47 Å². The number of esters is 2. The molecule has 4 nitrogen and oxygen atoms in total. The van der Waals surface area contributed by atoms with Crippen LogP contribution in [0.5, 0.6) is 0 Å². The lowest BCUT2D eigenvalue weighted by molar-refractivity contribution is -0.151. The third kappa shape index (κ3) is 11.6. The molecule has 0 N–H and O–H groups in total. The summed E-state index contributed by atoms with van der Waals surface area (Å²) < 4.78 is 10.7. The second kappa shape index (κ2) is 13.6. The molecule has 22 heavy (non-hydrogen) atoms. The van der Waals surface area contributed by atoms with Crippen molar-refractivity contribution in [2.45, 2.75) is 104 Å². The van der Waals surface area contributed by atoms with Crippen LogP contribution in [0, 0.1) is 0 Å². The number of hydrogen-bond acceptors (Lipinski definition) is 4. The summed E-state index contributed by atoms with van der Waals surface area (Å²) in [7, 11) is 0. The highest BCUT2D eigenvalue weighted by molar-refractivity contribution is 5.72. The Morgan fingerprint density at radius 1 is 0.818 bits per heavy atom.